The summed E-state index contributed by atoms with van der Waals surface area (Å²) in [5.74, 6) is 2.53. The molecule has 2 aromatic rings. The number of para-hydroxylation sites is 1. The molecule has 0 saturated carbocycles. The lowest BCUT2D eigenvalue weighted by Crippen LogP contribution is -2.28. The van der Waals surface area contributed by atoms with Crippen LogP contribution in [0.25, 0.3) is 0 Å². The lowest BCUT2D eigenvalue weighted by molar-refractivity contribution is 0.172. The van der Waals surface area contributed by atoms with E-state index >= 15 is 0 Å². The van der Waals surface area contributed by atoms with Crippen LogP contribution in [0, 0.1) is 5.92 Å². The van der Waals surface area contributed by atoms with Gasteiger partial charge in [0, 0.05) is 44.1 Å². The summed E-state index contributed by atoms with van der Waals surface area (Å²) in [7, 11) is 2.20. The monoisotopic (exact) mass is 339 g/mol. The number of ether oxygens (including phenoxy) is 2. The van der Waals surface area contributed by atoms with E-state index in [2.05, 4.69) is 40.0 Å². The fraction of sp³-hybridized carbons (Fsp3) is 0.450. The third kappa shape index (κ3) is 3.94. The van der Waals surface area contributed by atoms with Crippen molar-refractivity contribution in [2.75, 3.05) is 33.5 Å². The maximum Gasteiger partial charge on any atom is 0.231 e. The fourth-order valence-corrected chi connectivity index (χ4v) is 3.87. The molecule has 2 aliphatic heterocycles. The molecule has 25 heavy (non-hydrogen) atoms. The number of fused-ring (bicyclic) bond motifs is 1. The van der Waals surface area contributed by atoms with Crippen molar-refractivity contribution in [1.29, 1.82) is 0 Å². The van der Waals surface area contributed by atoms with Gasteiger partial charge >= 0.3 is 0 Å². The molecule has 1 atom stereocenters. The molecule has 1 aromatic heterocycles. The van der Waals surface area contributed by atoms with E-state index < -0.39 is 0 Å². The Kier molecular flexibility index (Phi) is 4.85. The van der Waals surface area contributed by atoms with Crippen LogP contribution in [-0.4, -0.2) is 48.3 Å². The van der Waals surface area contributed by atoms with Gasteiger partial charge in [-0.2, -0.15) is 0 Å². The van der Waals surface area contributed by atoms with Crippen LogP contribution in [-0.2, 0) is 13.1 Å². The first kappa shape index (κ1) is 16.4. The molecule has 0 radical (unpaired) electrons. The molecule has 0 amide bonds. The summed E-state index contributed by atoms with van der Waals surface area (Å²) < 4.78 is 11.1. The van der Waals surface area contributed by atoms with Crippen molar-refractivity contribution in [2.24, 2.45) is 5.92 Å². The third-order valence-corrected chi connectivity index (χ3v) is 4.99. The van der Waals surface area contributed by atoms with Crippen LogP contribution in [0.5, 0.6) is 11.5 Å². The number of hydrogen-bond acceptors (Lipinski definition) is 5. The second-order valence-corrected chi connectivity index (χ2v) is 7.10. The van der Waals surface area contributed by atoms with Crippen molar-refractivity contribution in [2.45, 2.75) is 19.5 Å². The van der Waals surface area contributed by atoms with Gasteiger partial charge in [-0.3, -0.25) is 9.88 Å². The Morgan fingerprint density at radius 2 is 2.20 bits per heavy atom. The largest absolute Gasteiger partial charge is 0.454 e. The first-order valence-electron chi connectivity index (χ1n) is 8.95. The maximum atomic E-state index is 5.63. The topological polar surface area (TPSA) is 37.8 Å². The summed E-state index contributed by atoms with van der Waals surface area (Å²) in [4.78, 5) is 9.13. The summed E-state index contributed by atoms with van der Waals surface area (Å²) in [6.45, 7) is 5.65. The summed E-state index contributed by atoms with van der Waals surface area (Å²) in [6.07, 6.45) is 5.03. The predicted octanol–water partition coefficient (Wildman–Crippen LogP) is 2.76. The fourth-order valence-electron chi connectivity index (χ4n) is 3.87. The highest BCUT2D eigenvalue weighted by molar-refractivity contribution is 5.48. The van der Waals surface area contributed by atoms with E-state index in [0.29, 0.717) is 6.79 Å². The molecule has 2 aliphatic rings. The summed E-state index contributed by atoms with van der Waals surface area (Å²) >= 11 is 0. The number of hydrogen-bond donors (Lipinski definition) is 0. The molecule has 1 saturated heterocycles. The third-order valence-electron chi connectivity index (χ3n) is 4.99. The van der Waals surface area contributed by atoms with E-state index in [1.165, 1.54) is 17.5 Å². The number of pyridine rings is 1. The first-order chi connectivity index (χ1) is 12.3. The Bertz CT molecular complexity index is 707. The molecule has 1 unspecified atom stereocenters. The lowest BCUT2D eigenvalue weighted by Gasteiger charge is -2.22. The van der Waals surface area contributed by atoms with Gasteiger partial charge in [0.1, 0.15) is 0 Å². The summed E-state index contributed by atoms with van der Waals surface area (Å²) in [5.41, 5.74) is 2.51. The molecule has 0 bridgehead atoms. The summed E-state index contributed by atoms with van der Waals surface area (Å²) in [6, 6.07) is 10.3. The van der Waals surface area contributed by atoms with Crippen molar-refractivity contribution in [3.05, 3.63) is 53.9 Å². The van der Waals surface area contributed by atoms with E-state index in [0.717, 1.165) is 50.1 Å². The highest BCUT2D eigenvalue weighted by atomic mass is 16.7. The Morgan fingerprint density at radius 3 is 3.08 bits per heavy atom. The molecule has 0 aliphatic carbocycles. The Labute approximate surface area is 149 Å². The molecule has 1 fully saturated rings. The van der Waals surface area contributed by atoms with Crippen molar-refractivity contribution < 1.29 is 9.47 Å². The van der Waals surface area contributed by atoms with E-state index in [9.17, 15) is 0 Å². The van der Waals surface area contributed by atoms with Crippen LogP contribution < -0.4 is 9.47 Å². The molecule has 5 heteroatoms. The molecule has 0 spiro atoms. The van der Waals surface area contributed by atoms with Crippen LogP contribution >= 0.6 is 0 Å². The van der Waals surface area contributed by atoms with Gasteiger partial charge in [-0.05, 0) is 43.6 Å². The Balaban J connectivity index is 1.29. The van der Waals surface area contributed by atoms with Gasteiger partial charge in [-0.25, -0.2) is 0 Å². The highest BCUT2D eigenvalue weighted by Gasteiger charge is 2.26. The standard InChI is InChI=1S/C20H25N3O2/c1-22(11-16-4-3-8-21-10-16)12-17-7-9-23(13-17)14-18-5-2-6-19-20(18)25-15-24-19/h2-6,8,10,17H,7,9,11-15H2,1H3. The van der Waals surface area contributed by atoms with E-state index in [1.807, 2.05) is 24.5 Å². The zero-order valence-corrected chi connectivity index (χ0v) is 14.7. The first-order valence-corrected chi connectivity index (χ1v) is 8.95. The van der Waals surface area contributed by atoms with Crippen molar-refractivity contribution in [3.63, 3.8) is 0 Å². The van der Waals surface area contributed by atoms with Gasteiger partial charge in [0.2, 0.25) is 6.79 Å². The van der Waals surface area contributed by atoms with Crippen molar-refractivity contribution >= 4 is 0 Å². The van der Waals surface area contributed by atoms with E-state index in [4.69, 9.17) is 9.47 Å². The average molecular weight is 339 g/mol. The second kappa shape index (κ2) is 7.42. The number of nitrogens with zero attached hydrogens (tertiary/aromatic N) is 3. The minimum absolute atomic E-state index is 0.341. The predicted molar refractivity (Wildman–Crippen MR) is 96.5 cm³/mol. The van der Waals surface area contributed by atoms with Crippen LogP contribution in [0.1, 0.15) is 17.5 Å². The highest BCUT2D eigenvalue weighted by Crippen LogP contribution is 2.36. The second-order valence-electron chi connectivity index (χ2n) is 7.10. The van der Waals surface area contributed by atoms with Gasteiger partial charge in [0.05, 0.1) is 0 Å². The van der Waals surface area contributed by atoms with E-state index in [-0.39, 0.29) is 0 Å². The van der Waals surface area contributed by atoms with Crippen LogP contribution in [0.2, 0.25) is 0 Å². The molecule has 3 heterocycles. The van der Waals surface area contributed by atoms with E-state index in [1.54, 1.807) is 0 Å². The molecule has 1 aromatic carbocycles. The minimum atomic E-state index is 0.341. The molecular formula is C20H25N3O2. The SMILES string of the molecule is CN(Cc1cccnc1)CC1CCN(Cc2cccc3c2OCO3)C1. The molecule has 132 valence electrons. The number of likely N-dealkylation sites (tertiary alicyclic amines) is 1. The zero-order chi connectivity index (χ0) is 17.1. The normalized spacial score (nSPS) is 19.7. The van der Waals surface area contributed by atoms with Crippen LogP contribution in [0.3, 0.4) is 0 Å². The van der Waals surface area contributed by atoms with Gasteiger partial charge in [0.15, 0.2) is 11.5 Å². The Morgan fingerprint density at radius 1 is 1.24 bits per heavy atom. The molecule has 0 N–H and O–H groups in total. The van der Waals surface area contributed by atoms with Gasteiger partial charge < -0.3 is 14.4 Å². The number of aromatic nitrogens is 1. The zero-order valence-electron chi connectivity index (χ0n) is 14.7. The van der Waals surface area contributed by atoms with Crippen LogP contribution in [0.15, 0.2) is 42.7 Å². The number of benzene rings is 1. The smallest absolute Gasteiger partial charge is 0.231 e. The quantitative estimate of drug-likeness (QED) is 0.809. The van der Waals surface area contributed by atoms with Crippen molar-refractivity contribution in [1.82, 2.24) is 14.8 Å². The molecule has 5 nitrogen and oxygen atoms in total. The van der Waals surface area contributed by atoms with Gasteiger partial charge in [-0.15, -0.1) is 0 Å². The van der Waals surface area contributed by atoms with Gasteiger partial charge in [-0.1, -0.05) is 18.2 Å². The van der Waals surface area contributed by atoms with Gasteiger partial charge in [0.25, 0.3) is 0 Å². The molecular weight excluding hydrogens is 314 g/mol. The summed E-state index contributed by atoms with van der Waals surface area (Å²) in [5, 5.41) is 0. The average Bonchev–Trinajstić information content (AvgIpc) is 3.25. The Hall–Kier alpha value is -2.11. The lowest BCUT2D eigenvalue weighted by atomic mass is 10.1. The maximum absolute atomic E-state index is 5.63. The number of rotatable bonds is 6. The van der Waals surface area contributed by atoms with Crippen LogP contribution in [0.4, 0.5) is 0 Å². The minimum Gasteiger partial charge on any atom is -0.454 e. The van der Waals surface area contributed by atoms with Crippen molar-refractivity contribution in [3.8, 4) is 11.5 Å². The molecule has 4 rings (SSSR count).